The van der Waals surface area contributed by atoms with Crippen LogP contribution in [0.3, 0.4) is 0 Å². The third kappa shape index (κ3) is 2.55. The fourth-order valence-electron chi connectivity index (χ4n) is 2.93. The molecule has 2 rings (SSSR count). The SMILES string of the molecule is CSCCC(C)n1c(C)cc2c1CCCC2O. The van der Waals surface area contributed by atoms with E-state index >= 15 is 0 Å². The Morgan fingerprint density at radius 2 is 2.35 bits per heavy atom. The number of hydrogen-bond acceptors (Lipinski definition) is 2. The second kappa shape index (κ2) is 5.49. The molecule has 1 heterocycles. The van der Waals surface area contributed by atoms with E-state index in [2.05, 4.69) is 30.7 Å². The molecule has 0 aliphatic heterocycles. The van der Waals surface area contributed by atoms with Gasteiger partial charge in [0.25, 0.3) is 0 Å². The van der Waals surface area contributed by atoms with Crippen molar-refractivity contribution < 1.29 is 5.11 Å². The maximum atomic E-state index is 10.0. The molecule has 1 aliphatic rings. The van der Waals surface area contributed by atoms with E-state index in [1.165, 1.54) is 29.1 Å². The summed E-state index contributed by atoms with van der Waals surface area (Å²) in [6.45, 7) is 4.46. The van der Waals surface area contributed by atoms with E-state index in [9.17, 15) is 5.11 Å². The van der Waals surface area contributed by atoms with Crippen LogP contribution in [-0.2, 0) is 6.42 Å². The monoisotopic (exact) mass is 253 g/mol. The van der Waals surface area contributed by atoms with Gasteiger partial charge in [0.15, 0.2) is 0 Å². The Morgan fingerprint density at radius 1 is 1.59 bits per heavy atom. The zero-order chi connectivity index (χ0) is 12.4. The van der Waals surface area contributed by atoms with Gasteiger partial charge in [0.2, 0.25) is 0 Å². The molecule has 2 nitrogen and oxygen atoms in total. The zero-order valence-corrected chi connectivity index (χ0v) is 11.9. The van der Waals surface area contributed by atoms with Crippen LogP contribution in [0, 0.1) is 6.92 Å². The van der Waals surface area contributed by atoms with Crippen molar-refractivity contribution in [3.63, 3.8) is 0 Å². The highest BCUT2D eigenvalue weighted by atomic mass is 32.2. The summed E-state index contributed by atoms with van der Waals surface area (Å²) in [6, 6.07) is 2.74. The number of fused-ring (bicyclic) bond motifs is 1. The van der Waals surface area contributed by atoms with Gasteiger partial charge < -0.3 is 9.67 Å². The first-order valence-corrected chi connectivity index (χ1v) is 7.92. The van der Waals surface area contributed by atoms with Gasteiger partial charge in [-0.3, -0.25) is 0 Å². The van der Waals surface area contributed by atoms with Crippen molar-refractivity contribution >= 4 is 11.8 Å². The lowest BCUT2D eigenvalue weighted by molar-refractivity contribution is 0.155. The van der Waals surface area contributed by atoms with Crippen LogP contribution in [-0.4, -0.2) is 21.7 Å². The average Bonchev–Trinajstić information content (AvgIpc) is 2.64. The second-order valence-corrected chi connectivity index (χ2v) is 6.08. The van der Waals surface area contributed by atoms with E-state index in [1.54, 1.807) is 0 Å². The molecular weight excluding hydrogens is 230 g/mol. The van der Waals surface area contributed by atoms with E-state index in [0.29, 0.717) is 6.04 Å². The summed E-state index contributed by atoms with van der Waals surface area (Å²) in [4.78, 5) is 0. The van der Waals surface area contributed by atoms with Gasteiger partial charge in [-0.05, 0) is 57.6 Å². The Bertz CT molecular complexity index is 386. The number of rotatable bonds is 4. The van der Waals surface area contributed by atoms with Crippen molar-refractivity contribution in [1.82, 2.24) is 4.57 Å². The Hall–Kier alpha value is -0.410. The zero-order valence-electron chi connectivity index (χ0n) is 11.1. The highest BCUT2D eigenvalue weighted by Gasteiger charge is 2.24. The molecule has 96 valence electrons. The number of hydrogen-bond donors (Lipinski definition) is 1. The average molecular weight is 253 g/mol. The molecule has 0 aromatic carbocycles. The summed E-state index contributed by atoms with van der Waals surface area (Å²) in [5.41, 5.74) is 3.88. The van der Waals surface area contributed by atoms with Gasteiger partial charge in [-0.2, -0.15) is 11.8 Å². The quantitative estimate of drug-likeness (QED) is 0.888. The second-order valence-electron chi connectivity index (χ2n) is 5.10. The molecule has 0 bridgehead atoms. The molecule has 17 heavy (non-hydrogen) atoms. The van der Waals surface area contributed by atoms with Crippen LogP contribution in [0.4, 0.5) is 0 Å². The smallest absolute Gasteiger partial charge is 0.0807 e. The lowest BCUT2D eigenvalue weighted by Gasteiger charge is -2.24. The molecule has 1 aromatic heterocycles. The van der Waals surface area contributed by atoms with Crippen molar-refractivity contribution in [1.29, 1.82) is 0 Å². The van der Waals surface area contributed by atoms with Gasteiger partial charge in [0.1, 0.15) is 0 Å². The minimum Gasteiger partial charge on any atom is -0.388 e. The number of aliphatic hydroxyl groups is 1. The molecule has 0 saturated heterocycles. The number of thioether (sulfide) groups is 1. The van der Waals surface area contributed by atoms with Crippen molar-refractivity contribution in [3.05, 3.63) is 23.0 Å². The Kier molecular flexibility index (Phi) is 4.21. The van der Waals surface area contributed by atoms with Crippen LogP contribution in [0.1, 0.15) is 55.3 Å². The summed E-state index contributed by atoms with van der Waals surface area (Å²) in [5.74, 6) is 1.20. The number of aliphatic hydroxyl groups excluding tert-OH is 1. The lowest BCUT2D eigenvalue weighted by Crippen LogP contribution is -2.16. The summed E-state index contributed by atoms with van der Waals surface area (Å²) >= 11 is 1.91. The van der Waals surface area contributed by atoms with E-state index in [0.717, 1.165) is 19.3 Å². The van der Waals surface area contributed by atoms with Crippen LogP contribution in [0.25, 0.3) is 0 Å². The first-order valence-electron chi connectivity index (χ1n) is 6.52. The molecule has 2 atom stereocenters. The number of aromatic nitrogens is 1. The Morgan fingerprint density at radius 3 is 3.06 bits per heavy atom. The molecule has 1 N–H and O–H groups in total. The molecule has 0 amide bonds. The number of nitrogens with zero attached hydrogens (tertiary/aromatic N) is 1. The predicted molar refractivity (Wildman–Crippen MR) is 74.8 cm³/mol. The summed E-state index contributed by atoms with van der Waals surface area (Å²) in [6.07, 6.45) is 6.31. The normalized spacial score (nSPS) is 21.3. The van der Waals surface area contributed by atoms with Gasteiger partial charge in [0.05, 0.1) is 6.10 Å². The van der Waals surface area contributed by atoms with Crippen LogP contribution in [0.2, 0.25) is 0 Å². The Balaban J connectivity index is 2.27. The highest BCUT2D eigenvalue weighted by molar-refractivity contribution is 7.98. The lowest BCUT2D eigenvalue weighted by atomic mass is 9.95. The summed E-state index contributed by atoms with van der Waals surface area (Å²) in [7, 11) is 0. The molecule has 0 saturated carbocycles. The minimum absolute atomic E-state index is 0.230. The molecule has 0 fully saturated rings. The molecule has 1 aliphatic carbocycles. The van der Waals surface area contributed by atoms with Crippen LogP contribution in [0.15, 0.2) is 6.07 Å². The first-order chi connectivity index (χ1) is 8.15. The topological polar surface area (TPSA) is 25.2 Å². The van der Waals surface area contributed by atoms with Crippen LogP contribution in [0.5, 0.6) is 0 Å². The molecule has 0 radical (unpaired) electrons. The molecule has 1 aromatic rings. The molecular formula is C14H23NOS. The van der Waals surface area contributed by atoms with Crippen molar-refractivity contribution in [2.45, 2.75) is 51.7 Å². The van der Waals surface area contributed by atoms with Crippen molar-refractivity contribution in [2.75, 3.05) is 12.0 Å². The van der Waals surface area contributed by atoms with Gasteiger partial charge >= 0.3 is 0 Å². The summed E-state index contributed by atoms with van der Waals surface area (Å²) in [5, 5.41) is 10.0. The van der Waals surface area contributed by atoms with Gasteiger partial charge in [-0.25, -0.2) is 0 Å². The van der Waals surface area contributed by atoms with Crippen molar-refractivity contribution in [3.8, 4) is 0 Å². The van der Waals surface area contributed by atoms with E-state index in [4.69, 9.17) is 0 Å². The third-order valence-electron chi connectivity index (χ3n) is 3.80. The van der Waals surface area contributed by atoms with Crippen LogP contribution >= 0.6 is 11.8 Å². The van der Waals surface area contributed by atoms with E-state index in [1.807, 2.05) is 11.8 Å². The van der Waals surface area contributed by atoms with E-state index < -0.39 is 0 Å². The summed E-state index contributed by atoms with van der Waals surface area (Å²) < 4.78 is 2.45. The first kappa shape index (κ1) is 13.0. The standard InChI is InChI=1S/C14H23NOS/c1-10(7-8-17-3)15-11(2)9-12-13(15)5-4-6-14(12)16/h9-10,14,16H,4-8H2,1-3H3. The molecule has 3 heteroatoms. The minimum atomic E-state index is -0.230. The predicted octanol–water partition coefficient (Wildman–Crippen LogP) is 3.48. The molecule has 0 spiro atoms. The largest absolute Gasteiger partial charge is 0.388 e. The highest BCUT2D eigenvalue weighted by Crippen LogP contribution is 2.34. The van der Waals surface area contributed by atoms with Gasteiger partial charge in [0, 0.05) is 23.0 Å². The van der Waals surface area contributed by atoms with Gasteiger partial charge in [-0.15, -0.1) is 0 Å². The maximum Gasteiger partial charge on any atom is 0.0807 e. The Labute approximate surface area is 108 Å². The van der Waals surface area contributed by atoms with Crippen LogP contribution < -0.4 is 0 Å². The van der Waals surface area contributed by atoms with Gasteiger partial charge in [-0.1, -0.05) is 0 Å². The fourth-order valence-corrected chi connectivity index (χ4v) is 3.51. The maximum absolute atomic E-state index is 10.0. The third-order valence-corrected chi connectivity index (χ3v) is 4.44. The fraction of sp³-hybridized carbons (Fsp3) is 0.714. The van der Waals surface area contributed by atoms with E-state index in [-0.39, 0.29) is 6.10 Å². The van der Waals surface area contributed by atoms with Crippen molar-refractivity contribution in [2.24, 2.45) is 0 Å². The molecule has 2 unspecified atom stereocenters. The number of aryl methyl sites for hydroxylation is 1.